The third kappa shape index (κ3) is 2.85. The molecule has 96 valence electrons. The Bertz CT molecular complexity index is 385. The van der Waals surface area contributed by atoms with E-state index in [1.807, 2.05) is 29.5 Å². The van der Waals surface area contributed by atoms with Crippen LogP contribution in [0.1, 0.15) is 33.5 Å². The molecule has 0 unspecified atom stereocenters. The van der Waals surface area contributed by atoms with Crippen molar-refractivity contribution in [3.63, 3.8) is 0 Å². The number of carbonyl (C=O) groups is 1. The first-order valence-electron chi connectivity index (χ1n) is 5.91. The van der Waals surface area contributed by atoms with Crippen molar-refractivity contribution < 1.29 is 9.90 Å². The van der Waals surface area contributed by atoms with E-state index >= 15 is 0 Å². The SMILES string of the molecule is CCN(Cc1nccn1CC)C(C)(C)C(=O)O. The average Bonchev–Trinajstić information content (AvgIpc) is 2.72. The molecule has 0 aromatic carbocycles. The van der Waals surface area contributed by atoms with Crippen LogP contribution in [0, 0.1) is 0 Å². The summed E-state index contributed by atoms with van der Waals surface area (Å²) in [6, 6.07) is 0. The largest absolute Gasteiger partial charge is 0.480 e. The smallest absolute Gasteiger partial charge is 0.323 e. The minimum atomic E-state index is -0.876. The zero-order valence-electron chi connectivity index (χ0n) is 11.0. The second-order valence-corrected chi connectivity index (χ2v) is 4.51. The molecule has 0 atom stereocenters. The van der Waals surface area contributed by atoms with Crippen LogP contribution in [0.3, 0.4) is 0 Å². The molecule has 1 heterocycles. The zero-order chi connectivity index (χ0) is 13.1. The highest BCUT2D eigenvalue weighted by Gasteiger charge is 2.34. The fraction of sp³-hybridized carbons (Fsp3) is 0.667. The molecule has 1 aromatic rings. The molecule has 0 fully saturated rings. The van der Waals surface area contributed by atoms with E-state index in [0.29, 0.717) is 13.1 Å². The molecule has 0 aliphatic carbocycles. The zero-order valence-corrected chi connectivity index (χ0v) is 11.0. The second kappa shape index (κ2) is 5.31. The molecule has 5 heteroatoms. The minimum Gasteiger partial charge on any atom is -0.480 e. The van der Waals surface area contributed by atoms with Gasteiger partial charge in [0, 0.05) is 18.9 Å². The predicted molar refractivity (Wildman–Crippen MR) is 65.7 cm³/mol. The number of rotatable bonds is 6. The lowest BCUT2D eigenvalue weighted by atomic mass is 10.0. The summed E-state index contributed by atoms with van der Waals surface area (Å²) in [5.41, 5.74) is -0.876. The van der Waals surface area contributed by atoms with Gasteiger partial charge in [0.05, 0.1) is 6.54 Å². The van der Waals surface area contributed by atoms with Gasteiger partial charge in [0.2, 0.25) is 0 Å². The maximum absolute atomic E-state index is 11.2. The number of aryl methyl sites for hydroxylation is 1. The second-order valence-electron chi connectivity index (χ2n) is 4.51. The van der Waals surface area contributed by atoms with Gasteiger partial charge in [0.15, 0.2) is 0 Å². The highest BCUT2D eigenvalue weighted by Crippen LogP contribution is 2.17. The van der Waals surface area contributed by atoms with Crippen LogP contribution in [0.15, 0.2) is 12.4 Å². The molecule has 0 aliphatic rings. The first kappa shape index (κ1) is 13.7. The number of hydrogen-bond donors (Lipinski definition) is 1. The van der Waals surface area contributed by atoms with Gasteiger partial charge in [-0.3, -0.25) is 9.69 Å². The Morgan fingerprint density at radius 1 is 1.53 bits per heavy atom. The van der Waals surface area contributed by atoms with Gasteiger partial charge in [-0.2, -0.15) is 0 Å². The van der Waals surface area contributed by atoms with E-state index in [-0.39, 0.29) is 0 Å². The summed E-state index contributed by atoms with van der Waals surface area (Å²) in [5, 5.41) is 9.23. The Balaban J connectivity index is 2.87. The van der Waals surface area contributed by atoms with Crippen LogP contribution < -0.4 is 0 Å². The summed E-state index contributed by atoms with van der Waals surface area (Å²) in [6.07, 6.45) is 3.66. The topological polar surface area (TPSA) is 58.4 Å². The number of nitrogens with zero attached hydrogens (tertiary/aromatic N) is 3. The summed E-state index contributed by atoms with van der Waals surface area (Å²) in [5.74, 6) is 0.0950. The number of aliphatic carboxylic acids is 1. The molecule has 0 spiro atoms. The number of likely N-dealkylation sites (N-methyl/N-ethyl adjacent to an activating group) is 1. The number of aromatic nitrogens is 2. The Hall–Kier alpha value is -1.36. The molecule has 0 amide bonds. The van der Waals surface area contributed by atoms with E-state index in [1.165, 1.54) is 0 Å². The quantitative estimate of drug-likeness (QED) is 0.819. The van der Waals surface area contributed by atoms with Gasteiger partial charge in [-0.25, -0.2) is 4.98 Å². The molecule has 0 radical (unpaired) electrons. The standard InChI is InChI=1S/C12H21N3O2/c1-5-14-8-7-13-10(14)9-15(6-2)12(3,4)11(16)17/h7-8H,5-6,9H2,1-4H3,(H,16,17). The highest BCUT2D eigenvalue weighted by atomic mass is 16.4. The van der Waals surface area contributed by atoms with Gasteiger partial charge in [0.25, 0.3) is 0 Å². The monoisotopic (exact) mass is 239 g/mol. The maximum atomic E-state index is 11.2. The lowest BCUT2D eigenvalue weighted by molar-refractivity contribution is -0.149. The van der Waals surface area contributed by atoms with Crippen LogP contribution in [0.25, 0.3) is 0 Å². The normalized spacial score (nSPS) is 12.1. The molecule has 0 bridgehead atoms. The summed E-state index contributed by atoms with van der Waals surface area (Å²) in [4.78, 5) is 17.4. The lowest BCUT2D eigenvalue weighted by Gasteiger charge is -2.33. The highest BCUT2D eigenvalue weighted by molar-refractivity contribution is 5.77. The van der Waals surface area contributed by atoms with Gasteiger partial charge >= 0.3 is 5.97 Å². The van der Waals surface area contributed by atoms with Crippen molar-refractivity contribution in [2.24, 2.45) is 0 Å². The average molecular weight is 239 g/mol. The van der Waals surface area contributed by atoms with Crippen molar-refractivity contribution in [2.45, 2.75) is 46.3 Å². The van der Waals surface area contributed by atoms with Crippen LogP contribution in [0.5, 0.6) is 0 Å². The minimum absolute atomic E-state index is 0.552. The lowest BCUT2D eigenvalue weighted by Crippen LogP contribution is -2.49. The van der Waals surface area contributed by atoms with Crippen molar-refractivity contribution in [2.75, 3.05) is 6.54 Å². The summed E-state index contributed by atoms with van der Waals surface area (Å²) in [7, 11) is 0. The third-order valence-electron chi connectivity index (χ3n) is 3.17. The van der Waals surface area contributed by atoms with E-state index in [1.54, 1.807) is 20.0 Å². The van der Waals surface area contributed by atoms with Crippen molar-refractivity contribution in [3.05, 3.63) is 18.2 Å². The number of carboxylic acid groups (broad SMARTS) is 1. The van der Waals surface area contributed by atoms with Gasteiger partial charge < -0.3 is 9.67 Å². The molecular formula is C12H21N3O2. The predicted octanol–water partition coefficient (Wildman–Crippen LogP) is 1.59. The van der Waals surface area contributed by atoms with Gasteiger partial charge in [0.1, 0.15) is 11.4 Å². The van der Waals surface area contributed by atoms with Crippen LogP contribution in [0.4, 0.5) is 0 Å². The molecule has 17 heavy (non-hydrogen) atoms. The fourth-order valence-electron chi connectivity index (χ4n) is 1.79. The molecular weight excluding hydrogens is 218 g/mol. The molecule has 0 saturated carbocycles. The van der Waals surface area contributed by atoms with E-state index in [4.69, 9.17) is 0 Å². The van der Waals surface area contributed by atoms with Crippen LogP contribution >= 0.6 is 0 Å². The number of imidazole rings is 1. The van der Waals surface area contributed by atoms with Crippen LogP contribution in [-0.4, -0.2) is 37.6 Å². The number of carboxylic acids is 1. The van der Waals surface area contributed by atoms with Gasteiger partial charge in [-0.1, -0.05) is 6.92 Å². The van der Waals surface area contributed by atoms with E-state index in [0.717, 1.165) is 12.4 Å². The Labute approximate surface area is 102 Å². The Morgan fingerprint density at radius 2 is 2.18 bits per heavy atom. The summed E-state index contributed by atoms with van der Waals surface area (Å²) in [6.45, 7) is 9.52. The van der Waals surface area contributed by atoms with Crippen molar-refractivity contribution in [3.8, 4) is 0 Å². The Morgan fingerprint density at radius 3 is 2.65 bits per heavy atom. The number of hydrogen-bond acceptors (Lipinski definition) is 3. The van der Waals surface area contributed by atoms with Crippen LogP contribution in [0.2, 0.25) is 0 Å². The van der Waals surface area contributed by atoms with E-state index in [2.05, 4.69) is 4.98 Å². The molecule has 5 nitrogen and oxygen atoms in total. The van der Waals surface area contributed by atoms with Gasteiger partial charge in [-0.05, 0) is 27.3 Å². The molecule has 0 saturated heterocycles. The molecule has 0 aliphatic heterocycles. The summed E-state index contributed by atoms with van der Waals surface area (Å²) >= 11 is 0. The van der Waals surface area contributed by atoms with Crippen molar-refractivity contribution >= 4 is 5.97 Å². The van der Waals surface area contributed by atoms with E-state index in [9.17, 15) is 9.90 Å². The molecule has 1 aromatic heterocycles. The first-order valence-corrected chi connectivity index (χ1v) is 5.91. The van der Waals surface area contributed by atoms with Crippen molar-refractivity contribution in [1.82, 2.24) is 14.5 Å². The van der Waals surface area contributed by atoms with Gasteiger partial charge in [-0.15, -0.1) is 0 Å². The maximum Gasteiger partial charge on any atom is 0.323 e. The fourth-order valence-corrected chi connectivity index (χ4v) is 1.79. The molecule has 1 N–H and O–H groups in total. The summed E-state index contributed by atoms with van der Waals surface area (Å²) < 4.78 is 2.03. The van der Waals surface area contributed by atoms with Crippen LogP contribution in [-0.2, 0) is 17.9 Å². The molecule has 1 rings (SSSR count). The van der Waals surface area contributed by atoms with E-state index < -0.39 is 11.5 Å². The third-order valence-corrected chi connectivity index (χ3v) is 3.17. The first-order chi connectivity index (χ1) is 7.93. The Kier molecular flexibility index (Phi) is 4.28. The van der Waals surface area contributed by atoms with Crippen molar-refractivity contribution in [1.29, 1.82) is 0 Å².